The van der Waals surface area contributed by atoms with E-state index in [9.17, 15) is 14.0 Å². The fourth-order valence-corrected chi connectivity index (χ4v) is 4.21. The minimum Gasteiger partial charge on any atom is -0.484 e. The molecule has 1 spiro atoms. The molecule has 1 aromatic rings. The summed E-state index contributed by atoms with van der Waals surface area (Å²) in [4.78, 5) is 26.0. The van der Waals surface area contributed by atoms with Crippen LogP contribution < -0.4 is 10.1 Å². The van der Waals surface area contributed by atoms with Crippen molar-refractivity contribution in [2.45, 2.75) is 44.2 Å². The molecule has 1 aliphatic heterocycles. The molecule has 152 valence electrons. The Morgan fingerprint density at radius 1 is 1.25 bits per heavy atom. The molecule has 0 bridgehead atoms. The molecule has 2 saturated carbocycles. The molecular weight excluding hydrogens is 387 g/mol. The Morgan fingerprint density at radius 2 is 2.00 bits per heavy atom. The minimum atomic E-state index is -0.581. The molecule has 1 saturated heterocycles. The van der Waals surface area contributed by atoms with Crippen molar-refractivity contribution in [3.63, 3.8) is 0 Å². The summed E-state index contributed by atoms with van der Waals surface area (Å²) in [5.41, 5.74) is 0.143. The maximum Gasteiger partial charge on any atom is 0.258 e. The van der Waals surface area contributed by atoms with E-state index in [0.29, 0.717) is 0 Å². The highest BCUT2D eigenvalue weighted by Gasteiger charge is 2.53. The number of rotatable bonds is 7. The molecule has 1 aromatic carbocycles. The molecular formula is C20H24ClFN2O4. The Balaban J connectivity index is 1.11. The van der Waals surface area contributed by atoms with Gasteiger partial charge in [-0.3, -0.25) is 9.59 Å². The van der Waals surface area contributed by atoms with Gasteiger partial charge in [-0.25, -0.2) is 4.39 Å². The Labute approximate surface area is 168 Å². The van der Waals surface area contributed by atoms with Crippen LogP contribution in [0.1, 0.15) is 32.1 Å². The molecule has 8 heteroatoms. The summed E-state index contributed by atoms with van der Waals surface area (Å²) < 4.78 is 24.2. The topological polar surface area (TPSA) is 67.9 Å². The third-order valence-electron chi connectivity index (χ3n) is 5.88. The minimum absolute atomic E-state index is 0.0131. The van der Waals surface area contributed by atoms with Crippen LogP contribution in [0.3, 0.4) is 0 Å². The molecule has 28 heavy (non-hydrogen) atoms. The lowest BCUT2D eigenvalue weighted by atomic mass is 9.60. The van der Waals surface area contributed by atoms with Crippen LogP contribution in [0.5, 0.6) is 5.75 Å². The van der Waals surface area contributed by atoms with Gasteiger partial charge in [0.15, 0.2) is 6.61 Å². The number of hydrogen-bond acceptors (Lipinski definition) is 4. The smallest absolute Gasteiger partial charge is 0.258 e. The number of likely N-dealkylation sites (tertiary alicyclic amines) is 1. The SMILES string of the molecule is O=C(COc1ccc(Cl)c(F)c1)NC1CC2(C1)CN(C(=O)COC1CCC1)C2. The molecule has 4 rings (SSSR count). The number of hydrogen-bond donors (Lipinski definition) is 1. The second-order valence-corrected chi connectivity index (χ2v) is 8.56. The summed E-state index contributed by atoms with van der Waals surface area (Å²) in [6.45, 7) is 1.50. The van der Waals surface area contributed by atoms with Gasteiger partial charge >= 0.3 is 0 Å². The third kappa shape index (κ3) is 4.25. The molecule has 0 radical (unpaired) electrons. The Bertz CT molecular complexity index is 757. The normalized spacial score (nSPS) is 20.9. The van der Waals surface area contributed by atoms with Crippen molar-refractivity contribution in [3.05, 3.63) is 29.0 Å². The molecule has 2 amide bonds. The zero-order valence-corrected chi connectivity index (χ0v) is 16.3. The number of carbonyl (C=O) groups is 2. The van der Waals surface area contributed by atoms with E-state index < -0.39 is 5.82 Å². The van der Waals surface area contributed by atoms with Gasteiger partial charge in [0.1, 0.15) is 18.2 Å². The average molecular weight is 411 g/mol. The van der Waals surface area contributed by atoms with E-state index in [1.54, 1.807) is 0 Å². The first-order valence-corrected chi connectivity index (χ1v) is 10.1. The summed E-state index contributed by atoms with van der Waals surface area (Å²) in [6.07, 6.45) is 5.32. The summed E-state index contributed by atoms with van der Waals surface area (Å²) in [7, 11) is 0. The predicted molar refractivity (Wildman–Crippen MR) is 101 cm³/mol. The van der Waals surface area contributed by atoms with E-state index in [-0.39, 0.29) is 53.4 Å². The van der Waals surface area contributed by atoms with E-state index in [4.69, 9.17) is 21.1 Å². The number of nitrogens with one attached hydrogen (secondary N) is 1. The van der Waals surface area contributed by atoms with Crippen molar-refractivity contribution in [1.29, 1.82) is 0 Å². The summed E-state index contributed by atoms with van der Waals surface area (Å²) >= 11 is 5.61. The Morgan fingerprint density at radius 3 is 2.64 bits per heavy atom. The number of carbonyl (C=O) groups excluding carboxylic acids is 2. The lowest BCUT2D eigenvalue weighted by molar-refractivity contribution is -0.161. The molecule has 3 aliphatic rings. The second-order valence-electron chi connectivity index (χ2n) is 8.15. The van der Waals surface area contributed by atoms with Gasteiger partial charge < -0.3 is 19.7 Å². The van der Waals surface area contributed by atoms with Crippen LogP contribution in [0, 0.1) is 11.2 Å². The molecule has 0 unspecified atom stereocenters. The van der Waals surface area contributed by atoms with E-state index in [2.05, 4.69) is 5.32 Å². The van der Waals surface area contributed by atoms with Gasteiger partial charge in [0.25, 0.3) is 5.91 Å². The fraction of sp³-hybridized carbons (Fsp3) is 0.600. The lowest BCUT2D eigenvalue weighted by Gasteiger charge is -2.59. The van der Waals surface area contributed by atoms with Crippen molar-refractivity contribution < 1.29 is 23.5 Å². The average Bonchev–Trinajstić information content (AvgIpc) is 2.55. The monoisotopic (exact) mass is 410 g/mol. The molecule has 6 nitrogen and oxygen atoms in total. The lowest BCUT2D eigenvalue weighted by Crippen LogP contribution is -2.68. The molecule has 0 atom stereocenters. The van der Waals surface area contributed by atoms with Gasteiger partial charge in [-0.05, 0) is 44.2 Å². The van der Waals surface area contributed by atoms with Gasteiger partial charge in [0.2, 0.25) is 5.91 Å². The van der Waals surface area contributed by atoms with Crippen LogP contribution in [0.4, 0.5) is 4.39 Å². The molecule has 3 fully saturated rings. The van der Waals surface area contributed by atoms with Crippen molar-refractivity contribution in [2.75, 3.05) is 26.3 Å². The molecule has 0 aromatic heterocycles. The molecule has 1 N–H and O–H groups in total. The van der Waals surface area contributed by atoms with Gasteiger partial charge in [-0.1, -0.05) is 11.6 Å². The van der Waals surface area contributed by atoms with Crippen molar-refractivity contribution >= 4 is 23.4 Å². The van der Waals surface area contributed by atoms with E-state index in [1.165, 1.54) is 18.6 Å². The van der Waals surface area contributed by atoms with E-state index in [1.807, 2.05) is 4.90 Å². The van der Waals surface area contributed by atoms with Crippen LogP contribution in [0.25, 0.3) is 0 Å². The van der Waals surface area contributed by atoms with Gasteiger partial charge in [-0.2, -0.15) is 0 Å². The highest BCUT2D eigenvalue weighted by molar-refractivity contribution is 6.30. The van der Waals surface area contributed by atoms with Gasteiger partial charge in [-0.15, -0.1) is 0 Å². The predicted octanol–water partition coefficient (Wildman–Crippen LogP) is 2.53. The van der Waals surface area contributed by atoms with Crippen LogP contribution in [0.2, 0.25) is 5.02 Å². The standard InChI is InChI=1S/C20H24ClFN2O4/c21-16-5-4-15(6-17(16)22)27-9-18(25)23-13-7-20(8-13)11-24(12-20)19(26)10-28-14-2-1-3-14/h4-6,13-14H,1-3,7-12H2,(H,23,25). The number of nitrogens with zero attached hydrogens (tertiary/aromatic N) is 1. The van der Waals surface area contributed by atoms with Crippen molar-refractivity contribution in [2.24, 2.45) is 5.41 Å². The maximum absolute atomic E-state index is 13.4. The maximum atomic E-state index is 13.4. The van der Waals surface area contributed by atoms with E-state index in [0.717, 1.165) is 44.8 Å². The first-order chi connectivity index (χ1) is 13.4. The van der Waals surface area contributed by atoms with Crippen molar-refractivity contribution in [1.82, 2.24) is 10.2 Å². The third-order valence-corrected chi connectivity index (χ3v) is 6.19. The Hall–Kier alpha value is -1.86. The first-order valence-electron chi connectivity index (χ1n) is 9.69. The highest BCUT2D eigenvalue weighted by Crippen LogP contribution is 2.48. The van der Waals surface area contributed by atoms with Crippen LogP contribution in [-0.4, -0.2) is 55.2 Å². The zero-order chi connectivity index (χ0) is 19.7. The Kier molecular flexibility index (Phi) is 5.47. The van der Waals surface area contributed by atoms with E-state index >= 15 is 0 Å². The quantitative estimate of drug-likeness (QED) is 0.750. The molecule has 1 heterocycles. The van der Waals surface area contributed by atoms with Crippen LogP contribution >= 0.6 is 11.6 Å². The van der Waals surface area contributed by atoms with Crippen LogP contribution in [-0.2, 0) is 14.3 Å². The summed E-state index contributed by atoms with van der Waals surface area (Å²) in [5.74, 6) is -0.493. The molecule has 2 aliphatic carbocycles. The van der Waals surface area contributed by atoms with Gasteiger partial charge in [0, 0.05) is 30.6 Å². The van der Waals surface area contributed by atoms with Crippen molar-refractivity contribution in [3.8, 4) is 5.75 Å². The number of ether oxygens (including phenoxy) is 2. The van der Waals surface area contributed by atoms with Crippen LogP contribution in [0.15, 0.2) is 18.2 Å². The number of halogens is 2. The first kappa shape index (κ1) is 19.5. The largest absolute Gasteiger partial charge is 0.484 e. The second kappa shape index (κ2) is 7.87. The summed E-state index contributed by atoms with van der Waals surface area (Å²) in [6, 6.07) is 4.16. The fourth-order valence-electron chi connectivity index (χ4n) is 4.09. The summed E-state index contributed by atoms with van der Waals surface area (Å²) in [5, 5.41) is 2.94. The number of benzene rings is 1. The van der Waals surface area contributed by atoms with Gasteiger partial charge in [0.05, 0.1) is 11.1 Å². The highest BCUT2D eigenvalue weighted by atomic mass is 35.5. The number of amides is 2. The zero-order valence-electron chi connectivity index (χ0n) is 15.6.